The minimum atomic E-state index is -1.29. The SMILES string of the molecule is O=C([O-])c1ccc(N2C(=O)C[C@H](Cc3ccccc3)C2=O)cc1. The highest BCUT2D eigenvalue weighted by atomic mass is 16.4. The second-order valence-electron chi connectivity index (χ2n) is 5.49. The maximum Gasteiger partial charge on any atom is 0.237 e. The smallest absolute Gasteiger partial charge is 0.237 e. The van der Waals surface area contributed by atoms with Gasteiger partial charge in [0.05, 0.1) is 17.6 Å². The van der Waals surface area contributed by atoms with Gasteiger partial charge in [-0.2, -0.15) is 0 Å². The second-order valence-corrected chi connectivity index (χ2v) is 5.49. The van der Waals surface area contributed by atoms with Crippen molar-refractivity contribution < 1.29 is 19.5 Å². The molecular weight excluding hydrogens is 294 g/mol. The molecule has 0 aromatic heterocycles. The quantitative estimate of drug-likeness (QED) is 0.794. The van der Waals surface area contributed by atoms with Gasteiger partial charge in [0.15, 0.2) is 0 Å². The Morgan fingerprint density at radius 2 is 1.70 bits per heavy atom. The Balaban J connectivity index is 1.79. The largest absolute Gasteiger partial charge is 0.545 e. The molecule has 3 rings (SSSR count). The number of aromatic carboxylic acids is 1. The molecule has 0 N–H and O–H groups in total. The molecule has 2 aromatic carbocycles. The number of hydrogen-bond donors (Lipinski definition) is 0. The highest BCUT2D eigenvalue weighted by Gasteiger charge is 2.39. The van der Waals surface area contributed by atoms with Gasteiger partial charge < -0.3 is 9.90 Å². The zero-order valence-electron chi connectivity index (χ0n) is 12.3. The van der Waals surface area contributed by atoms with Gasteiger partial charge in [0.2, 0.25) is 11.8 Å². The van der Waals surface area contributed by atoms with Crippen molar-refractivity contribution in [3.8, 4) is 0 Å². The van der Waals surface area contributed by atoms with Crippen LogP contribution in [0.3, 0.4) is 0 Å². The zero-order chi connectivity index (χ0) is 16.4. The van der Waals surface area contributed by atoms with Crippen LogP contribution in [0.4, 0.5) is 5.69 Å². The average molecular weight is 308 g/mol. The van der Waals surface area contributed by atoms with Gasteiger partial charge in [-0.1, -0.05) is 42.5 Å². The highest BCUT2D eigenvalue weighted by molar-refractivity contribution is 6.21. The second kappa shape index (κ2) is 6.04. The van der Waals surface area contributed by atoms with E-state index in [1.807, 2.05) is 30.3 Å². The summed E-state index contributed by atoms with van der Waals surface area (Å²) in [6, 6.07) is 15.1. The summed E-state index contributed by atoms with van der Waals surface area (Å²) in [7, 11) is 0. The predicted molar refractivity (Wildman–Crippen MR) is 81.5 cm³/mol. The van der Waals surface area contributed by atoms with Crippen LogP contribution < -0.4 is 10.0 Å². The van der Waals surface area contributed by atoms with Crippen molar-refractivity contribution in [3.63, 3.8) is 0 Å². The van der Waals surface area contributed by atoms with Crippen LogP contribution in [0.2, 0.25) is 0 Å². The molecule has 0 bridgehead atoms. The van der Waals surface area contributed by atoms with E-state index in [4.69, 9.17) is 0 Å². The molecule has 116 valence electrons. The molecule has 0 unspecified atom stereocenters. The standard InChI is InChI=1S/C18H15NO4/c20-16-11-14(10-12-4-2-1-3-5-12)17(21)19(16)15-8-6-13(7-9-15)18(22)23/h1-9,14H,10-11H2,(H,22,23)/p-1/t14-/m0/s1. The zero-order valence-corrected chi connectivity index (χ0v) is 12.3. The van der Waals surface area contributed by atoms with Crippen LogP contribution >= 0.6 is 0 Å². The van der Waals surface area contributed by atoms with E-state index in [0.717, 1.165) is 10.5 Å². The topological polar surface area (TPSA) is 77.5 Å². The third-order valence-electron chi connectivity index (χ3n) is 3.93. The van der Waals surface area contributed by atoms with Gasteiger partial charge in [0, 0.05) is 6.42 Å². The summed E-state index contributed by atoms with van der Waals surface area (Å²) in [5, 5.41) is 10.8. The number of imide groups is 1. The van der Waals surface area contributed by atoms with Gasteiger partial charge in [0.1, 0.15) is 0 Å². The van der Waals surface area contributed by atoms with Gasteiger partial charge in [-0.25, -0.2) is 0 Å². The number of carboxylic acids is 1. The summed E-state index contributed by atoms with van der Waals surface area (Å²) in [4.78, 5) is 36.6. The lowest BCUT2D eigenvalue weighted by molar-refractivity contribution is -0.255. The van der Waals surface area contributed by atoms with Crippen molar-refractivity contribution in [2.75, 3.05) is 4.90 Å². The minimum Gasteiger partial charge on any atom is -0.545 e. The van der Waals surface area contributed by atoms with Crippen molar-refractivity contribution in [1.82, 2.24) is 0 Å². The number of hydrogen-bond acceptors (Lipinski definition) is 4. The fraction of sp³-hybridized carbons (Fsp3) is 0.167. The number of carboxylic acid groups (broad SMARTS) is 1. The fourth-order valence-corrected chi connectivity index (χ4v) is 2.77. The summed E-state index contributed by atoms with van der Waals surface area (Å²) in [6.07, 6.45) is 0.676. The third-order valence-corrected chi connectivity index (χ3v) is 3.93. The lowest BCUT2D eigenvalue weighted by atomic mass is 9.98. The first-order valence-electron chi connectivity index (χ1n) is 7.28. The number of nitrogens with zero attached hydrogens (tertiary/aromatic N) is 1. The number of carbonyl (C=O) groups is 3. The molecular formula is C18H14NO4-. The van der Waals surface area contributed by atoms with Crippen LogP contribution in [0.1, 0.15) is 22.3 Å². The Morgan fingerprint density at radius 3 is 2.30 bits per heavy atom. The van der Waals surface area contributed by atoms with Gasteiger partial charge in [-0.05, 0) is 29.7 Å². The van der Waals surface area contributed by atoms with E-state index >= 15 is 0 Å². The van der Waals surface area contributed by atoms with E-state index in [0.29, 0.717) is 12.1 Å². The first-order chi connectivity index (χ1) is 11.1. The van der Waals surface area contributed by atoms with Crippen molar-refractivity contribution in [3.05, 3.63) is 65.7 Å². The molecule has 1 saturated heterocycles. The Hall–Kier alpha value is -2.95. The molecule has 0 spiro atoms. The first-order valence-corrected chi connectivity index (χ1v) is 7.28. The van der Waals surface area contributed by atoms with Crippen molar-refractivity contribution in [1.29, 1.82) is 0 Å². The van der Waals surface area contributed by atoms with E-state index in [2.05, 4.69) is 0 Å². The van der Waals surface area contributed by atoms with Crippen LogP contribution in [0.15, 0.2) is 54.6 Å². The monoisotopic (exact) mass is 308 g/mol. The normalized spacial score (nSPS) is 17.6. The highest BCUT2D eigenvalue weighted by Crippen LogP contribution is 2.28. The molecule has 1 atom stereocenters. The predicted octanol–water partition coefficient (Wildman–Crippen LogP) is 1.17. The summed E-state index contributed by atoms with van der Waals surface area (Å²) in [5.74, 6) is -2.19. The lowest BCUT2D eigenvalue weighted by Crippen LogP contribution is -2.31. The molecule has 2 amide bonds. The van der Waals surface area contributed by atoms with Crippen LogP contribution in [0.5, 0.6) is 0 Å². The molecule has 1 fully saturated rings. The average Bonchev–Trinajstić information content (AvgIpc) is 2.82. The molecule has 0 aliphatic carbocycles. The van der Waals surface area contributed by atoms with Crippen molar-refractivity contribution in [2.45, 2.75) is 12.8 Å². The fourth-order valence-electron chi connectivity index (χ4n) is 2.77. The van der Waals surface area contributed by atoms with Crippen molar-refractivity contribution in [2.24, 2.45) is 5.92 Å². The van der Waals surface area contributed by atoms with E-state index < -0.39 is 5.97 Å². The van der Waals surface area contributed by atoms with Gasteiger partial charge >= 0.3 is 0 Å². The Morgan fingerprint density at radius 1 is 1.04 bits per heavy atom. The summed E-state index contributed by atoms with van der Waals surface area (Å²) < 4.78 is 0. The number of benzene rings is 2. The van der Waals surface area contributed by atoms with Gasteiger partial charge in [-0.15, -0.1) is 0 Å². The molecule has 1 heterocycles. The van der Waals surface area contributed by atoms with Crippen LogP contribution in [-0.4, -0.2) is 17.8 Å². The minimum absolute atomic E-state index is 0.00804. The lowest BCUT2D eigenvalue weighted by Gasteiger charge is -2.16. The Labute approximate surface area is 133 Å². The van der Waals surface area contributed by atoms with Crippen molar-refractivity contribution >= 4 is 23.5 Å². The Bertz CT molecular complexity index is 752. The van der Waals surface area contributed by atoms with E-state index in [9.17, 15) is 19.5 Å². The molecule has 23 heavy (non-hydrogen) atoms. The first kappa shape index (κ1) is 15.0. The number of rotatable bonds is 4. The number of anilines is 1. The summed E-state index contributed by atoms with van der Waals surface area (Å²) in [6.45, 7) is 0. The van der Waals surface area contributed by atoms with Gasteiger partial charge in [0.25, 0.3) is 0 Å². The maximum atomic E-state index is 12.5. The molecule has 0 saturated carbocycles. The molecule has 5 heteroatoms. The summed E-state index contributed by atoms with van der Waals surface area (Å²) in [5.41, 5.74) is 1.40. The summed E-state index contributed by atoms with van der Waals surface area (Å²) >= 11 is 0. The molecule has 5 nitrogen and oxygen atoms in total. The van der Waals surface area contributed by atoms with E-state index in [1.54, 1.807) is 0 Å². The van der Waals surface area contributed by atoms with Crippen LogP contribution in [-0.2, 0) is 16.0 Å². The molecule has 2 aromatic rings. The maximum absolute atomic E-state index is 12.5. The number of amides is 2. The molecule has 1 aliphatic rings. The Kier molecular flexibility index (Phi) is 3.93. The van der Waals surface area contributed by atoms with E-state index in [1.165, 1.54) is 24.3 Å². The molecule has 1 aliphatic heterocycles. The van der Waals surface area contributed by atoms with E-state index in [-0.39, 0.29) is 29.7 Å². The molecule has 0 radical (unpaired) electrons. The number of carbonyl (C=O) groups excluding carboxylic acids is 3. The van der Waals surface area contributed by atoms with Crippen LogP contribution in [0.25, 0.3) is 0 Å². The van der Waals surface area contributed by atoms with Gasteiger partial charge in [-0.3, -0.25) is 14.5 Å². The third kappa shape index (κ3) is 2.99. The van der Waals surface area contributed by atoms with Crippen LogP contribution in [0, 0.1) is 5.92 Å².